The summed E-state index contributed by atoms with van der Waals surface area (Å²) in [4.78, 5) is 29.4. The quantitative estimate of drug-likeness (QED) is 0.848. The van der Waals surface area contributed by atoms with Crippen molar-refractivity contribution in [1.82, 2.24) is 14.7 Å². The maximum absolute atomic E-state index is 12.4. The number of benzene rings is 1. The zero-order valence-corrected chi connectivity index (χ0v) is 15.3. The van der Waals surface area contributed by atoms with Crippen LogP contribution in [0.1, 0.15) is 16.7 Å². The van der Waals surface area contributed by atoms with Crippen LogP contribution in [0, 0.1) is 20.8 Å². The largest absolute Gasteiger partial charge is 0.483 e. The average Bonchev–Trinajstić information content (AvgIpc) is 2.57. The number of carbonyl (C=O) groups excluding carboxylic acids is 2. The minimum absolute atomic E-state index is 0.00985. The van der Waals surface area contributed by atoms with Gasteiger partial charge < -0.3 is 19.4 Å². The van der Waals surface area contributed by atoms with Crippen molar-refractivity contribution >= 4 is 11.9 Å². The van der Waals surface area contributed by atoms with E-state index in [9.17, 15) is 9.59 Å². The van der Waals surface area contributed by atoms with Crippen molar-refractivity contribution in [2.75, 3.05) is 46.9 Å². The number of carbonyl (C=O) groups is 2. The molecule has 132 valence electrons. The lowest BCUT2D eigenvalue weighted by Crippen LogP contribution is -2.53. The fraction of sp³-hybridized carbons (Fsp3) is 0.556. The maximum Gasteiger partial charge on any atom is 0.319 e. The molecule has 2 rings (SSSR count). The van der Waals surface area contributed by atoms with Crippen molar-refractivity contribution in [3.8, 4) is 5.75 Å². The predicted octanol–water partition coefficient (Wildman–Crippen LogP) is 1.82. The first-order valence-corrected chi connectivity index (χ1v) is 8.25. The van der Waals surface area contributed by atoms with E-state index in [4.69, 9.17) is 4.74 Å². The Bertz CT molecular complexity index is 620. The van der Waals surface area contributed by atoms with Crippen LogP contribution in [0.4, 0.5) is 4.79 Å². The highest BCUT2D eigenvalue weighted by Crippen LogP contribution is 2.25. The SMILES string of the molecule is Cc1ccc(C)c(OCC(=O)N2CCN(C(=O)N(C)C)CC2)c1C. The van der Waals surface area contributed by atoms with Crippen LogP contribution in [0.2, 0.25) is 0 Å². The Kier molecular flexibility index (Phi) is 5.70. The topological polar surface area (TPSA) is 53.1 Å². The van der Waals surface area contributed by atoms with Gasteiger partial charge in [-0.25, -0.2) is 4.79 Å². The second-order valence-electron chi connectivity index (χ2n) is 6.49. The lowest BCUT2D eigenvalue weighted by molar-refractivity contribution is -0.134. The van der Waals surface area contributed by atoms with Gasteiger partial charge in [-0.3, -0.25) is 4.79 Å². The van der Waals surface area contributed by atoms with Crippen molar-refractivity contribution in [2.24, 2.45) is 0 Å². The molecule has 0 spiro atoms. The summed E-state index contributed by atoms with van der Waals surface area (Å²) in [6, 6.07) is 4.05. The molecule has 0 bridgehead atoms. The molecule has 0 unspecified atom stereocenters. The molecule has 6 heteroatoms. The zero-order chi connectivity index (χ0) is 17.9. The van der Waals surface area contributed by atoms with Crippen LogP contribution in [0.25, 0.3) is 0 Å². The summed E-state index contributed by atoms with van der Waals surface area (Å²) in [5.41, 5.74) is 3.26. The molecule has 0 atom stereocenters. The number of ether oxygens (including phenoxy) is 1. The minimum atomic E-state index is -0.0349. The fourth-order valence-electron chi connectivity index (χ4n) is 2.80. The third-order valence-electron chi connectivity index (χ3n) is 4.50. The van der Waals surface area contributed by atoms with Gasteiger partial charge in [0.05, 0.1) is 0 Å². The highest BCUT2D eigenvalue weighted by atomic mass is 16.5. The van der Waals surface area contributed by atoms with E-state index in [1.54, 1.807) is 28.8 Å². The third-order valence-corrected chi connectivity index (χ3v) is 4.50. The molecule has 0 saturated carbocycles. The summed E-state index contributed by atoms with van der Waals surface area (Å²) in [7, 11) is 3.47. The van der Waals surface area contributed by atoms with E-state index in [-0.39, 0.29) is 18.5 Å². The Morgan fingerprint density at radius 3 is 2.12 bits per heavy atom. The predicted molar refractivity (Wildman–Crippen MR) is 93.4 cm³/mol. The number of hydrogen-bond donors (Lipinski definition) is 0. The summed E-state index contributed by atoms with van der Waals surface area (Å²) in [6.45, 7) is 8.28. The molecule has 1 aliphatic rings. The first kappa shape index (κ1) is 18.1. The second kappa shape index (κ2) is 7.55. The van der Waals surface area contributed by atoms with Crippen molar-refractivity contribution in [3.05, 3.63) is 28.8 Å². The average molecular weight is 333 g/mol. The molecule has 1 fully saturated rings. The zero-order valence-electron chi connectivity index (χ0n) is 15.3. The number of hydrogen-bond acceptors (Lipinski definition) is 3. The van der Waals surface area contributed by atoms with Gasteiger partial charge in [0.25, 0.3) is 5.91 Å². The molecule has 1 aromatic rings. The molecule has 0 aromatic heterocycles. The molecular formula is C18H27N3O3. The molecule has 1 aliphatic heterocycles. The van der Waals surface area contributed by atoms with Crippen molar-refractivity contribution in [1.29, 1.82) is 0 Å². The first-order valence-electron chi connectivity index (χ1n) is 8.25. The summed E-state index contributed by atoms with van der Waals surface area (Å²) in [5, 5.41) is 0. The highest BCUT2D eigenvalue weighted by Gasteiger charge is 2.25. The summed E-state index contributed by atoms with van der Waals surface area (Å²) >= 11 is 0. The standard InChI is InChI=1S/C18H27N3O3/c1-13-6-7-14(2)17(15(13)3)24-12-16(22)20-8-10-21(11-9-20)18(23)19(4)5/h6-7H,8-12H2,1-5H3. The number of piperazine rings is 1. The Morgan fingerprint density at radius 1 is 1.00 bits per heavy atom. The Labute approximate surface area is 144 Å². The van der Waals surface area contributed by atoms with E-state index >= 15 is 0 Å². The molecule has 6 nitrogen and oxygen atoms in total. The smallest absolute Gasteiger partial charge is 0.319 e. The van der Waals surface area contributed by atoms with Gasteiger partial charge in [-0.1, -0.05) is 12.1 Å². The summed E-state index contributed by atoms with van der Waals surface area (Å²) < 4.78 is 5.80. The molecule has 0 aliphatic carbocycles. The number of nitrogens with zero attached hydrogens (tertiary/aromatic N) is 3. The van der Waals surface area contributed by atoms with Gasteiger partial charge in [0.1, 0.15) is 5.75 Å². The van der Waals surface area contributed by atoms with Crippen molar-refractivity contribution < 1.29 is 14.3 Å². The van der Waals surface area contributed by atoms with E-state index in [0.29, 0.717) is 26.2 Å². The molecule has 1 aromatic carbocycles. The van der Waals surface area contributed by atoms with Gasteiger partial charge in [-0.15, -0.1) is 0 Å². The molecule has 1 saturated heterocycles. The van der Waals surface area contributed by atoms with Gasteiger partial charge in [0.15, 0.2) is 6.61 Å². The van der Waals surface area contributed by atoms with Gasteiger partial charge in [-0.2, -0.15) is 0 Å². The van der Waals surface area contributed by atoms with Crippen LogP contribution in [0.5, 0.6) is 5.75 Å². The van der Waals surface area contributed by atoms with Crippen molar-refractivity contribution in [2.45, 2.75) is 20.8 Å². The number of amides is 3. The lowest BCUT2D eigenvalue weighted by atomic mass is 10.1. The van der Waals surface area contributed by atoms with E-state index in [1.807, 2.05) is 26.8 Å². The van der Waals surface area contributed by atoms with Gasteiger partial charge in [0.2, 0.25) is 0 Å². The molecule has 1 heterocycles. The van der Waals surface area contributed by atoms with Crippen LogP contribution >= 0.6 is 0 Å². The van der Waals surface area contributed by atoms with Crippen LogP contribution in [-0.2, 0) is 4.79 Å². The van der Waals surface area contributed by atoms with Crippen LogP contribution < -0.4 is 4.74 Å². The Balaban J connectivity index is 1.89. The summed E-state index contributed by atoms with van der Waals surface area (Å²) in [6.07, 6.45) is 0. The highest BCUT2D eigenvalue weighted by molar-refractivity contribution is 5.79. The molecule has 0 N–H and O–H groups in total. The molecular weight excluding hydrogens is 306 g/mol. The molecule has 3 amide bonds. The van der Waals surface area contributed by atoms with E-state index in [2.05, 4.69) is 6.07 Å². The normalized spacial score (nSPS) is 14.5. The van der Waals surface area contributed by atoms with Crippen LogP contribution in [0.3, 0.4) is 0 Å². The Hall–Kier alpha value is -2.24. The number of aryl methyl sites for hydroxylation is 2. The second-order valence-corrected chi connectivity index (χ2v) is 6.49. The van der Waals surface area contributed by atoms with E-state index < -0.39 is 0 Å². The minimum Gasteiger partial charge on any atom is -0.483 e. The van der Waals surface area contributed by atoms with Gasteiger partial charge in [0, 0.05) is 40.3 Å². The van der Waals surface area contributed by atoms with E-state index in [0.717, 1.165) is 22.4 Å². The van der Waals surface area contributed by atoms with E-state index in [1.165, 1.54) is 0 Å². The van der Waals surface area contributed by atoms with Crippen LogP contribution in [-0.4, -0.2) is 73.5 Å². The van der Waals surface area contributed by atoms with Gasteiger partial charge in [-0.05, 0) is 37.5 Å². The molecule has 0 radical (unpaired) electrons. The number of urea groups is 1. The first-order chi connectivity index (χ1) is 11.3. The van der Waals surface area contributed by atoms with Crippen LogP contribution in [0.15, 0.2) is 12.1 Å². The third kappa shape index (κ3) is 3.99. The number of rotatable bonds is 3. The maximum atomic E-state index is 12.4. The van der Waals surface area contributed by atoms with Gasteiger partial charge >= 0.3 is 6.03 Å². The monoisotopic (exact) mass is 333 g/mol. The molecule has 24 heavy (non-hydrogen) atoms. The fourth-order valence-corrected chi connectivity index (χ4v) is 2.80. The Morgan fingerprint density at radius 2 is 1.54 bits per heavy atom. The summed E-state index contributed by atoms with van der Waals surface area (Å²) in [5.74, 6) is 0.761. The lowest BCUT2D eigenvalue weighted by Gasteiger charge is -2.35. The van der Waals surface area contributed by atoms with Crippen molar-refractivity contribution in [3.63, 3.8) is 0 Å².